The maximum Gasteiger partial charge on any atom is 0.0931 e. The van der Waals surface area contributed by atoms with Gasteiger partial charge in [-0.2, -0.15) is 0 Å². The van der Waals surface area contributed by atoms with Crippen LogP contribution in [0.5, 0.6) is 0 Å². The van der Waals surface area contributed by atoms with Crippen LogP contribution in [0, 0.1) is 0 Å². The molecule has 3 aromatic rings. The molecule has 3 N–H and O–H groups in total. The number of rotatable bonds is 3. The van der Waals surface area contributed by atoms with E-state index in [1.165, 1.54) is 16.3 Å². The summed E-state index contributed by atoms with van der Waals surface area (Å²) in [5.41, 5.74) is 4.06. The highest BCUT2D eigenvalue weighted by atomic mass is 35.5. The van der Waals surface area contributed by atoms with Crippen molar-refractivity contribution in [1.82, 2.24) is 5.43 Å². The minimum atomic E-state index is -0.0383. The monoisotopic (exact) mass is 288 g/mol. The second-order valence-electron chi connectivity index (χ2n) is 4.31. The number of nitrogens with two attached hydrogens (primary N) is 1. The molecule has 0 saturated carbocycles. The van der Waals surface area contributed by atoms with Gasteiger partial charge in [-0.3, -0.25) is 5.84 Å². The maximum absolute atomic E-state index is 6.02. The Bertz CT molecular complexity index is 703. The van der Waals surface area contributed by atoms with Crippen molar-refractivity contribution in [3.05, 3.63) is 69.4 Å². The lowest BCUT2D eigenvalue weighted by molar-refractivity contribution is 0.651. The average molecular weight is 289 g/mol. The van der Waals surface area contributed by atoms with Crippen molar-refractivity contribution < 1.29 is 0 Å². The van der Waals surface area contributed by atoms with E-state index in [2.05, 4.69) is 35.8 Å². The first kappa shape index (κ1) is 12.6. The van der Waals surface area contributed by atoms with Gasteiger partial charge in [0.05, 0.1) is 10.4 Å². The third-order valence-electron chi connectivity index (χ3n) is 3.18. The third-order valence-corrected chi connectivity index (χ3v) is 4.48. The fourth-order valence-electron chi connectivity index (χ4n) is 2.31. The van der Waals surface area contributed by atoms with Crippen LogP contribution in [-0.4, -0.2) is 0 Å². The normalized spacial score (nSPS) is 12.7. The molecule has 0 aliphatic heterocycles. The zero-order valence-electron chi connectivity index (χ0n) is 10.1. The lowest BCUT2D eigenvalue weighted by Gasteiger charge is -2.17. The van der Waals surface area contributed by atoms with Crippen LogP contribution in [0.2, 0.25) is 4.34 Å². The molecule has 1 atom stereocenters. The van der Waals surface area contributed by atoms with Crippen LogP contribution < -0.4 is 11.3 Å². The SMILES string of the molecule is NNC(c1ccc(Cl)s1)c1cccc2ccccc12. The Balaban J connectivity index is 2.16. The molecule has 0 radical (unpaired) electrons. The van der Waals surface area contributed by atoms with Gasteiger partial charge in [0, 0.05) is 4.88 Å². The summed E-state index contributed by atoms with van der Waals surface area (Å²) in [6, 6.07) is 18.4. The van der Waals surface area contributed by atoms with Crippen molar-refractivity contribution in [1.29, 1.82) is 0 Å². The number of halogens is 1. The van der Waals surface area contributed by atoms with Crippen LogP contribution in [0.25, 0.3) is 10.8 Å². The number of benzene rings is 2. The highest BCUT2D eigenvalue weighted by Gasteiger charge is 2.16. The van der Waals surface area contributed by atoms with E-state index >= 15 is 0 Å². The lowest BCUT2D eigenvalue weighted by atomic mass is 9.98. The van der Waals surface area contributed by atoms with Gasteiger partial charge < -0.3 is 0 Å². The van der Waals surface area contributed by atoms with E-state index in [0.29, 0.717) is 0 Å². The van der Waals surface area contributed by atoms with Gasteiger partial charge >= 0.3 is 0 Å². The lowest BCUT2D eigenvalue weighted by Crippen LogP contribution is -2.28. The standard InChI is InChI=1S/C15H13ClN2S/c16-14-9-8-13(19-14)15(18-17)12-7-3-5-10-4-1-2-6-11(10)12/h1-9,15,18H,17H2. The van der Waals surface area contributed by atoms with E-state index in [-0.39, 0.29) is 6.04 Å². The maximum atomic E-state index is 6.02. The summed E-state index contributed by atoms with van der Waals surface area (Å²) in [6.45, 7) is 0. The van der Waals surface area contributed by atoms with Gasteiger partial charge in [0.2, 0.25) is 0 Å². The first-order valence-electron chi connectivity index (χ1n) is 5.98. The van der Waals surface area contributed by atoms with E-state index in [1.54, 1.807) is 11.3 Å². The molecule has 19 heavy (non-hydrogen) atoms. The number of hydrazine groups is 1. The van der Waals surface area contributed by atoms with Crippen molar-refractivity contribution in [2.24, 2.45) is 5.84 Å². The number of thiophene rings is 1. The Hall–Kier alpha value is -1.39. The number of fused-ring (bicyclic) bond motifs is 1. The molecule has 2 nitrogen and oxygen atoms in total. The molecule has 1 heterocycles. The Morgan fingerprint density at radius 1 is 1.00 bits per heavy atom. The summed E-state index contributed by atoms with van der Waals surface area (Å²) < 4.78 is 0.774. The van der Waals surface area contributed by atoms with Crippen LogP contribution in [0.1, 0.15) is 16.5 Å². The summed E-state index contributed by atoms with van der Waals surface area (Å²) in [5.74, 6) is 5.75. The van der Waals surface area contributed by atoms with Gasteiger partial charge in [0.1, 0.15) is 0 Å². The Morgan fingerprint density at radius 2 is 1.79 bits per heavy atom. The molecule has 1 unspecified atom stereocenters. The van der Waals surface area contributed by atoms with Gasteiger partial charge in [-0.1, -0.05) is 54.1 Å². The second-order valence-corrected chi connectivity index (χ2v) is 6.06. The van der Waals surface area contributed by atoms with Crippen molar-refractivity contribution in [2.45, 2.75) is 6.04 Å². The number of hydrogen-bond acceptors (Lipinski definition) is 3. The van der Waals surface area contributed by atoms with Crippen LogP contribution in [0.4, 0.5) is 0 Å². The van der Waals surface area contributed by atoms with Crippen LogP contribution in [0.3, 0.4) is 0 Å². The van der Waals surface area contributed by atoms with Gasteiger partial charge in [0.15, 0.2) is 0 Å². The minimum absolute atomic E-state index is 0.0383. The number of hydrogen-bond donors (Lipinski definition) is 2. The van der Waals surface area contributed by atoms with Gasteiger partial charge in [-0.25, -0.2) is 5.43 Å². The second kappa shape index (κ2) is 5.31. The molecule has 0 aliphatic carbocycles. The third kappa shape index (κ3) is 2.38. The molecule has 96 valence electrons. The van der Waals surface area contributed by atoms with Crippen LogP contribution in [0.15, 0.2) is 54.6 Å². The molecule has 1 aromatic heterocycles. The molecule has 3 rings (SSSR count). The molecule has 2 aromatic carbocycles. The van der Waals surface area contributed by atoms with E-state index in [4.69, 9.17) is 17.4 Å². The molecule has 0 saturated heterocycles. The molecule has 0 fully saturated rings. The Morgan fingerprint density at radius 3 is 2.53 bits per heavy atom. The van der Waals surface area contributed by atoms with E-state index in [1.807, 2.05) is 24.3 Å². The van der Waals surface area contributed by atoms with E-state index < -0.39 is 0 Å². The van der Waals surface area contributed by atoms with E-state index in [9.17, 15) is 0 Å². The van der Waals surface area contributed by atoms with Crippen LogP contribution in [-0.2, 0) is 0 Å². The molecular weight excluding hydrogens is 276 g/mol. The topological polar surface area (TPSA) is 38.0 Å². The molecule has 0 aliphatic rings. The molecule has 0 bridgehead atoms. The highest BCUT2D eigenvalue weighted by molar-refractivity contribution is 7.16. The van der Waals surface area contributed by atoms with Crippen molar-refractivity contribution in [3.63, 3.8) is 0 Å². The van der Waals surface area contributed by atoms with Crippen molar-refractivity contribution in [2.75, 3.05) is 0 Å². The average Bonchev–Trinajstić information content (AvgIpc) is 2.86. The predicted molar refractivity (Wildman–Crippen MR) is 82.4 cm³/mol. The van der Waals surface area contributed by atoms with Crippen LogP contribution >= 0.6 is 22.9 Å². The van der Waals surface area contributed by atoms with E-state index in [0.717, 1.165) is 9.21 Å². The predicted octanol–water partition coefficient (Wildman–Crippen LogP) is 4.11. The number of nitrogens with one attached hydrogen (secondary N) is 1. The van der Waals surface area contributed by atoms with Gasteiger partial charge in [-0.15, -0.1) is 11.3 Å². The molecular formula is C15H13ClN2S. The summed E-state index contributed by atoms with van der Waals surface area (Å²) in [5, 5.41) is 2.42. The Labute approximate surface area is 120 Å². The molecule has 0 amide bonds. The fraction of sp³-hybridized carbons (Fsp3) is 0.0667. The molecule has 4 heteroatoms. The van der Waals surface area contributed by atoms with Crippen molar-refractivity contribution in [3.8, 4) is 0 Å². The van der Waals surface area contributed by atoms with Crippen molar-refractivity contribution >= 4 is 33.7 Å². The largest absolute Gasteiger partial charge is 0.271 e. The quantitative estimate of drug-likeness (QED) is 0.562. The first-order chi connectivity index (χ1) is 9.29. The summed E-state index contributed by atoms with van der Waals surface area (Å²) in [6.07, 6.45) is 0. The van der Waals surface area contributed by atoms with Gasteiger partial charge in [-0.05, 0) is 28.5 Å². The summed E-state index contributed by atoms with van der Waals surface area (Å²) in [4.78, 5) is 1.11. The Kier molecular flexibility index (Phi) is 3.53. The smallest absolute Gasteiger partial charge is 0.0931 e. The minimum Gasteiger partial charge on any atom is -0.271 e. The summed E-state index contributed by atoms with van der Waals surface area (Å²) in [7, 11) is 0. The van der Waals surface area contributed by atoms with Gasteiger partial charge in [0.25, 0.3) is 0 Å². The zero-order valence-corrected chi connectivity index (χ0v) is 11.7. The first-order valence-corrected chi connectivity index (χ1v) is 7.18. The fourth-order valence-corrected chi connectivity index (χ4v) is 3.45. The summed E-state index contributed by atoms with van der Waals surface area (Å²) >= 11 is 7.56. The zero-order chi connectivity index (χ0) is 13.2. The highest BCUT2D eigenvalue weighted by Crippen LogP contribution is 2.33. The molecule has 0 spiro atoms.